The smallest absolute Gasteiger partial charge is 0.385 e. The van der Waals surface area contributed by atoms with Crippen molar-refractivity contribution in [2.75, 3.05) is 19.6 Å². The molecule has 2 aromatic carbocycles. The molecule has 6 nitrogen and oxygen atoms in total. The standard InChI is InChI=1S/C25H28F3N3O3.CH4/c26-25(27,28)19-8-4-5-17(13-19)23(33)29-14-22(32)30-20-15-31(16-20)21-9-11-24(34,12-10-21)18-6-2-1-3-7-18;/h1-8,13,20-21,34H,9-12,14-16H2,(H,29,33)(H,30,32);1H4. The number of carbonyl (C=O) groups is 2. The van der Waals surface area contributed by atoms with Gasteiger partial charge in [-0.2, -0.15) is 13.2 Å². The Morgan fingerprint density at radius 1 is 1.03 bits per heavy atom. The summed E-state index contributed by atoms with van der Waals surface area (Å²) in [6.45, 7) is 1.09. The second kappa shape index (κ2) is 10.8. The number of hydrogen-bond acceptors (Lipinski definition) is 4. The number of carbonyl (C=O) groups excluding carboxylic acids is 2. The summed E-state index contributed by atoms with van der Waals surface area (Å²) < 4.78 is 38.4. The Morgan fingerprint density at radius 2 is 1.69 bits per heavy atom. The molecule has 0 unspecified atom stereocenters. The lowest BCUT2D eigenvalue weighted by Gasteiger charge is -2.48. The maximum absolute atomic E-state index is 12.8. The van der Waals surface area contributed by atoms with Crippen molar-refractivity contribution in [1.82, 2.24) is 15.5 Å². The van der Waals surface area contributed by atoms with Gasteiger partial charge in [0.25, 0.3) is 5.91 Å². The predicted molar refractivity (Wildman–Crippen MR) is 127 cm³/mol. The first-order valence-corrected chi connectivity index (χ1v) is 11.4. The predicted octanol–water partition coefficient (Wildman–Crippen LogP) is 3.70. The fourth-order valence-electron chi connectivity index (χ4n) is 4.76. The fourth-order valence-corrected chi connectivity index (χ4v) is 4.76. The molecule has 1 heterocycles. The van der Waals surface area contributed by atoms with E-state index in [1.807, 2.05) is 30.3 Å². The Hall–Kier alpha value is -2.91. The van der Waals surface area contributed by atoms with Gasteiger partial charge in [-0.05, 0) is 49.4 Å². The molecule has 2 fully saturated rings. The number of nitrogens with one attached hydrogen (secondary N) is 2. The Balaban J connectivity index is 0.00000342. The Labute approximate surface area is 203 Å². The molecule has 190 valence electrons. The van der Waals surface area contributed by atoms with Crippen LogP contribution in [0.25, 0.3) is 0 Å². The van der Waals surface area contributed by atoms with Gasteiger partial charge in [-0.3, -0.25) is 14.5 Å². The molecular weight excluding hydrogens is 459 g/mol. The molecule has 9 heteroatoms. The number of nitrogens with zero attached hydrogens (tertiary/aromatic N) is 1. The average Bonchev–Trinajstić information content (AvgIpc) is 2.80. The van der Waals surface area contributed by atoms with Crippen molar-refractivity contribution in [3.8, 4) is 0 Å². The summed E-state index contributed by atoms with van der Waals surface area (Å²) in [5.41, 5.74) is -0.891. The van der Waals surface area contributed by atoms with Crippen molar-refractivity contribution in [2.45, 2.75) is 57.0 Å². The summed E-state index contributed by atoms with van der Waals surface area (Å²) in [4.78, 5) is 26.6. The van der Waals surface area contributed by atoms with Gasteiger partial charge in [0.2, 0.25) is 5.91 Å². The fraction of sp³-hybridized carbons (Fsp3) is 0.462. The molecule has 1 aliphatic heterocycles. The lowest BCUT2D eigenvalue weighted by Crippen LogP contribution is -2.63. The van der Waals surface area contributed by atoms with E-state index in [-0.39, 0.29) is 31.5 Å². The van der Waals surface area contributed by atoms with Gasteiger partial charge in [0.1, 0.15) is 0 Å². The third-order valence-corrected chi connectivity index (χ3v) is 6.75. The molecule has 1 aliphatic carbocycles. The van der Waals surface area contributed by atoms with Crippen molar-refractivity contribution in [2.24, 2.45) is 0 Å². The summed E-state index contributed by atoms with van der Waals surface area (Å²) in [5.74, 6) is -1.11. The summed E-state index contributed by atoms with van der Waals surface area (Å²) >= 11 is 0. The highest BCUT2D eigenvalue weighted by Crippen LogP contribution is 2.39. The third kappa shape index (κ3) is 6.41. The van der Waals surface area contributed by atoms with E-state index in [2.05, 4.69) is 15.5 Å². The molecule has 2 amide bonds. The second-order valence-corrected chi connectivity index (χ2v) is 9.11. The Bertz CT molecular complexity index is 1020. The van der Waals surface area contributed by atoms with Crippen LogP contribution < -0.4 is 10.6 Å². The van der Waals surface area contributed by atoms with Crippen LogP contribution in [0.4, 0.5) is 13.2 Å². The molecule has 0 radical (unpaired) electrons. The van der Waals surface area contributed by atoms with E-state index in [1.165, 1.54) is 6.07 Å². The van der Waals surface area contributed by atoms with E-state index < -0.39 is 23.2 Å². The van der Waals surface area contributed by atoms with E-state index in [0.717, 1.165) is 36.6 Å². The van der Waals surface area contributed by atoms with E-state index in [9.17, 15) is 27.9 Å². The van der Waals surface area contributed by atoms with Gasteiger partial charge in [0.05, 0.1) is 23.8 Å². The summed E-state index contributed by atoms with van der Waals surface area (Å²) in [7, 11) is 0. The van der Waals surface area contributed by atoms with Gasteiger partial charge in [-0.15, -0.1) is 0 Å². The first-order valence-electron chi connectivity index (χ1n) is 11.4. The zero-order chi connectivity index (χ0) is 24.3. The first kappa shape index (κ1) is 26.7. The van der Waals surface area contributed by atoms with Crippen molar-refractivity contribution >= 4 is 11.8 Å². The molecule has 1 saturated heterocycles. The van der Waals surface area contributed by atoms with Crippen LogP contribution in [0, 0.1) is 0 Å². The van der Waals surface area contributed by atoms with Crippen LogP contribution in [0.15, 0.2) is 54.6 Å². The molecule has 3 N–H and O–H groups in total. The summed E-state index contributed by atoms with van der Waals surface area (Å²) in [6.07, 6.45) is -1.41. The molecule has 0 spiro atoms. The summed E-state index contributed by atoms with van der Waals surface area (Å²) in [6, 6.07) is 14.1. The van der Waals surface area contributed by atoms with Crippen LogP contribution in [-0.4, -0.2) is 53.5 Å². The Kier molecular flexibility index (Phi) is 8.22. The number of alkyl halides is 3. The maximum atomic E-state index is 12.8. The minimum atomic E-state index is -4.54. The quantitative estimate of drug-likeness (QED) is 0.576. The number of halogens is 3. The molecule has 0 bridgehead atoms. The maximum Gasteiger partial charge on any atom is 0.416 e. The van der Waals surface area contributed by atoms with Crippen LogP contribution in [0.2, 0.25) is 0 Å². The Morgan fingerprint density at radius 3 is 2.31 bits per heavy atom. The topological polar surface area (TPSA) is 81.7 Å². The number of likely N-dealkylation sites (tertiary alicyclic amines) is 1. The van der Waals surface area contributed by atoms with Crippen LogP contribution in [0.3, 0.4) is 0 Å². The SMILES string of the molecule is C.O=C(CNC(=O)c1cccc(C(F)(F)F)c1)NC1CN(C2CCC(O)(c3ccccc3)CC2)C1. The van der Waals surface area contributed by atoms with Crippen molar-refractivity contribution in [3.63, 3.8) is 0 Å². The van der Waals surface area contributed by atoms with Crippen molar-refractivity contribution < 1.29 is 27.9 Å². The molecule has 4 rings (SSSR count). The number of rotatable bonds is 6. The van der Waals surface area contributed by atoms with Crippen molar-refractivity contribution in [1.29, 1.82) is 0 Å². The van der Waals surface area contributed by atoms with Gasteiger partial charge in [0, 0.05) is 24.7 Å². The highest BCUT2D eigenvalue weighted by molar-refractivity contribution is 5.96. The third-order valence-electron chi connectivity index (χ3n) is 6.75. The lowest BCUT2D eigenvalue weighted by molar-refractivity contribution is -0.137. The van der Waals surface area contributed by atoms with Crippen LogP contribution in [-0.2, 0) is 16.6 Å². The highest BCUT2D eigenvalue weighted by Gasteiger charge is 2.40. The number of aliphatic hydroxyl groups is 1. The molecule has 2 aromatic rings. The number of benzene rings is 2. The zero-order valence-electron chi connectivity index (χ0n) is 18.6. The van der Waals surface area contributed by atoms with Crippen LogP contribution in [0.5, 0.6) is 0 Å². The summed E-state index contributed by atoms with van der Waals surface area (Å²) in [5, 5.41) is 16.2. The van der Waals surface area contributed by atoms with Gasteiger partial charge in [-0.25, -0.2) is 0 Å². The lowest BCUT2D eigenvalue weighted by atomic mass is 9.76. The second-order valence-electron chi connectivity index (χ2n) is 9.11. The monoisotopic (exact) mass is 491 g/mol. The molecule has 0 atom stereocenters. The number of hydrogen-bond donors (Lipinski definition) is 3. The van der Waals surface area contributed by atoms with E-state index in [0.29, 0.717) is 32.0 Å². The first-order chi connectivity index (χ1) is 16.1. The molecular formula is C26H32F3N3O3. The van der Waals surface area contributed by atoms with Gasteiger partial charge < -0.3 is 15.7 Å². The molecule has 0 aromatic heterocycles. The minimum absolute atomic E-state index is 0. The highest BCUT2D eigenvalue weighted by atomic mass is 19.4. The van der Waals surface area contributed by atoms with Gasteiger partial charge >= 0.3 is 6.18 Å². The minimum Gasteiger partial charge on any atom is -0.385 e. The largest absolute Gasteiger partial charge is 0.416 e. The normalized spacial score (nSPS) is 23.0. The van der Waals surface area contributed by atoms with E-state index >= 15 is 0 Å². The van der Waals surface area contributed by atoms with Crippen LogP contribution in [0.1, 0.15) is 54.6 Å². The molecule has 1 saturated carbocycles. The van der Waals surface area contributed by atoms with Crippen LogP contribution >= 0.6 is 0 Å². The van der Waals surface area contributed by atoms with Gasteiger partial charge in [0.15, 0.2) is 0 Å². The van der Waals surface area contributed by atoms with E-state index in [4.69, 9.17) is 0 Å². The van der Waals surface area contributed by atoms with E-state index in [1.54, 1.807) is 0 Å². The zero-order valence-corrected chi connectivity index (χ0v) is 18.6. The number of amides is 2. The molecule has 2 aliphatic rings. The van der Waals surface area contributed by atoms with Crippen molar-refractivity contribution in [3.05, 3.63) is 71.3 Å². The average molecular weight is 492 g/mol. The molecule has 35 heavy (non-hydrogen) atoms. The van der Waals surface area contributed by atoms with Gasteiger partial charge in [-0.1, -0.05) is 43.8 Å².